The number of benzene rings is 1. The van der Waals surface area contributed by atoms with Gasteiger partial charge in [0.2, 0.25) is 5.91 Å². The first-order valence-corrected chi connectivity index (χ1v) is 7.31. The number of carbonyl (C=O) groups excluding carboxylic acids is 1. The summed E-state index contributed by atoms with van der Waals surface area (Å²) >= 11 is 0. The Bertz CT molecular complexity index is 507. The minimum atomic E-state index is 0.103. The molecule has 2 saturated heterocycles. The quantitative estimate of drug-likeness (QED) is 0.773. The van der Waals surface area contributed by atoms with Crippen molar-refractivity contribution in [2.75, 3.05) is 19.8 Å². The van der Waals surface area contributed by atoms with Crippen LogP contribution in [-0.2, 0) is 9.53 Å². The fourth-order valence-corrected chi connectivity index (χ4v) is 3.94. The van der Waals surface area contributed by atoms with E-state index in [0.29, 0.717) is 24.5 Å². The molecule has 3 heterocycles. The van der Waals surface area contributed by atoms with Gasteiger partial charge in [0.1, 0.15) is 0 Å². The number of ether oxygens (including phenoxy) is 1. The highest BCUT2D eigenvalue weighted by molar-refractivity contribution is 5.80. The molecule has 3 aliphatic heterocycles. The summed E-state index contributed by atoms with van der Waals surface area (Å²) in [6.07, 6.45) is 3.25. The summed E-state index contributed by atoms with van der Waals surface area (Å²) < 4.78 is 5.37. The molecule has 1 amide bonds. The molecular weight excluding hydrogens is 238 g/mol. The van der Waals surface area contributed by atoms with Crippen LogP contribution in [0.5, 0.6) is 0 Å². The van der Waals surface area contributed by atoms with Gasteiger partial charge in [0.15, 0.2) is 0 Å². The third-order valence-corrected chi connectivity index (χ3v) is 4.94. The Kier molecular flexibility index (Phi) is 2.62. The molecule has 1 unspecified atom stereocenters. The van der Waals surface area contributed by atoms with E-state index in [4.69, 9.17) is 4.74 Å². The Balaban J connectivity index is 1.65. The lowest BCUT2D eigenvalue weighted by molar-refractivity contribution is -0.140. The third-order valence-electron chi connectivity index (χ3n) is 4.94. The molecule has 0 aromatic heterocycles. The Hall–Kier alpha value is -1.35. The summed E-state index contributed by atoms with van der Waals surface area (Å²) in [5.41, 5.74) is 2.86. The second-order valence-corrected chi connectivity index (χ2v) is 5.97. The molecule has 2 fully saturated rings. The summed E-state index contributed by atoms with van der Waals surface area (Å²) in [6.45, 7) is 2.28. The van der Waals surface area contributed by atoms with Crippen molar-refractivity contribution >= 4 is 5.91 Å². The van der Waals surface area contributed by atoms with Crippen molar-refractivity contribution in [3.8, 4) is 0 Å². The molecule has 100 valence electrons. The van der Waals surface area contributed by atoms with Gasteiger partial charge in [0, 0.05) is 19.1 Å². The average molecular weight is 257 g/mol. The van der Waals surface area contributed by atoms with Gasteiger partial charge in [0.25, 0.3) is 0 Å². The number of hydrogen-bond acceptors (Lipinski definition) is 2. The largest absolute Gasteiger partial charge is 0.381 e. The lowest BCUT2D eigenvalue weighted by Gasteiger charge is -2.47. The third kappa shape index (κ3) is 1.71. The molecule has 0 saturated carbocycles. The summed E-state index contributed by atoms with van der Waals surface area (Å²) in [5, 5.41) is 0. The molecule has 1 aromatic rings. The second kappa shape index (κ2) is 4.34. The van der Waals surface area contributed by atoms with Crippen LogP contribution in [0, 0.1) is 5.92 Å². The van der Waals surface area contributed by atoms with Crippen molar-refractivity contribution < 1.29 is 9.53 Å². The van der Waals surface area contributed by atoms with Crippen LogP contribution in [-0.4, -0.2) is 30.6 Å². The van der Waals surface area contributed by atoms with Crippen LogP contribution in [0.2, 0.25) is 0 Å². The molecule has 3 nitrogen and oxygen atoms in total. The molecule has 5 rings (SSSR count). The smallest absolute Gasteiger partial charge is 0.228 e. The molecule has 3 heteroatoms. The van der Waals surface area contributed by atoms with Crippen LogP contribution in [0.3, 0.4) is 0 Å². The molecule has 1 aliphatic carbocycles. The van der Waals surface area contributed by atoms with Crippen molar-refractivity contribution in [2.24, 2.45) is 5.92 Å². The maximum Gasteiger partial charge on any atom is 0.228 e. The monoisotopic (exact) mass is 257 g/mol. The van der Waals surface area contributed by atoms with Gasteiger partial charge < -0.3 is 9.64 Å². The average Bonchev–Trinajstić information content (AvgIpc) is 3.01. The standard InChI is InChI=1S/C16H19NO2/c18-16(12-7-8-19-10-12)17-9-11-5-6-15(17)14-4-2-1-3-13(11)14/h1-4,11-12,15H,5-10H2/t11-,12?,15+/m1/s1. The number of hydrogen-bond donors (Lipinski definition) is 0. The van der Waals surface area contributed by atoms with Gasteiger partial charge in [-0.15, -0.1) is 0 Å². The van der Waals surface area contributed by atoms with Crippen molar-refractivity contribution in [2.45, 2.75) is 31.2 Å². The van der Waals surface area contributed by atoms with Crippen LogP contribution < -0.4 is 0 Å². The van der Waals surface area contributed by atoms with Crippen molar-refractivity contribution in [3.63, 3.8) is 0 Å². The van der Waals surface area contributed by atoms with Crippen molar-refractivity contribution in [3.05, 3.63) is 35.4 Å². The number of amides is 1. The van der Waals surface area contributed by atoms with E-state index in [1.807, 2.05) is 0 Å². The second-order valence-electron chi connectivity index (χ2n) is 5.97. The van der Waals surface area contributed by atoms with E-state index in [0.717, 1.165) is 26.0 Å². The Morgan fingerprint density at radius 1 is 1.16 bits per heavy atom. The lowest BCUT2D eigenvalue weighted by Crippen LogP contribution is -2.48. The van der Waals surface area contributed by atoms with Crippen LogP contribution in [0.4, 0.5) is 0 Å². The van der Waals surface area contributed by atoms with Crippen molar-refractivity contribution in [1.29, 1.82) is 0 Å². The Labute approximate surface area is 113 Å². The normalized spacial score (nSPS) is 32.4. The van der Waals surface area contributed by atoms with Gasteiger partial charge in [-0.05, 0) is 30.4 Å². The van der Waals surface area contributed by atoms with Gasteiger partial charge in [0.05, 0.1) is 18.6 Å². The van der Waals surface area contributed by atoms with E-state index in [9.17, 15) is 4.79 Å². The summed E-state index contributed by atoms with van der Waals surface area (Å²) in [5.74, 6) is 0.973. The van der Waals surface area contributed by atoms with Gasteiger partial charge >= 0.3 is 0 Å². The summed E-state index contributed by atoms with van der Waals surface area (Å²) in [7, 11) is 0. The molecular formula is C16H19NO2. The maximum absolute atomic E-state index is 12.6. The number of piperidine rings is 1. The zero-order valence-corrected chi connectivity index (χ0v) is 11.0. The van der Waals surface area contributed by atoms with E-state index < -0.39 is 0 Å². The zero-order valence-electron chi connectivity index (χ0n) is 11.0. The van der Waals surface area contributed by atoms with E-state index >= 15 is 0 Å². The van der Waals surface area contributed by atoms with Gasteiger partial charge in [-0.3, -0.25) is 4.79 Å². The number of fused-ring (bicyclic) bond motifs is 2. The molecule has 2 bridgehead atoms. The van der Waals surface area contributed by atoms with Gasteiger partial charge in [-0.25, -0.2) is 0 Å². The van der Waals surface area contributed by atoms with Gasteiger partial charge in [-0.2, -0.15) is 0 Å². The molecule has 3 atom stereocenters. The Morgan fingerprint density at radius 3 is 2.79 bits per heavy atom. The first-order valence-electron chi connectivity index (χ1n) is 7.31. The fraction of sp³-hybridized carbons (Fsp3) is 0.562. The topological polar surface area (TPSA) is 29.5 Å². The highest BCUT2D eigenvalue weighted by Crippen LogP contribution is 2.47. The van der Waals surface area contributed by atoms with Crippen molar-refractivity contribution in [1.82, 2.24) is 4.90 Å². The van der Waals surface area contributed by atoms with E-state index in [-0.39, 0.29) is 5.92 Å². The summed E-state index contributed by atoms with van der Waals surface area (Å²) in [4.78, 5) is 14.8. The summed E-state index contributed by atoms with van der Waals surface area (Å²) in [6, 6.07) is 8.98. The lowest BCUT2D eigenvalue weighted by atomic mass is 9.74. The van der Waals surface area contributed by atoms with Crippen LogP contribution in [0.15, 0.2) is 24.3 Å². The van der Waals surface area contributed by atoms with Crippen LogP contribution in [0.1, 0.15) is 42.3 Å². The van der Waals surface area contributed by atoms with E-state index in [1.54, 1.807) is 0 Å². The highest BCUT2D eigenvalue weighted by Gasteiger charge is 2.42. The molecule has 0 spiro atoms. The number of rotatable bonds is 1. The molecule has 4 aliphatic rings. The predicted octanol–water partition coefficient (Wildman–Crippen LogP) is 2.48. The molecule has 19 heavy (non-hydrogen) atoms. The first kappa shape index (κ1) is 11.5. The zero-order chi connectivity index (χ0) is 12.8. The van der Waals surface area contributed by atoms with E-state index in [2.05, 4.69) is 29.2 Å². The van der Waals surface area contributed by atoms with Gasteiger partial charge in [-0.1, -0.05) is 24.3 Å². The van der Waals surface area contributed by atoms with E-state index in [1.165, 1.54) is 17.5 Å². The first-order chi connectivity index (χ1) is 9.34. The molecule has 0 radical (unpaired) electrons. The number of carbonyl (C=O) groups is 1. The Morgan fingerprint density at radius 2 is 2.00 bits per heavy atom. The molecule has 0 N–H and O–H groups in total. The minimum absolute atomic E-state index is 0.103. The SMILES string of the molecule is O=C(C1CCOC1)N1C[C@H]2CC[C@H]1c1ccccc12. The highest BCUT2D eigenvalue weighted by atomic mass is 16.5. The molecule has 1 aromatic carbocycles. The van der Waals surface area contributed by atoms with Crippen LogP contribution in [0.25, 0.3) is 0 Å². The maximum atomic E-state index is 12.6. The minimum Gasteiger partial charge on any atom is -0.381 e. The fourth-order valence-electron chi connectivity index (χ4n) is 3.94. The predicted molar refractivity (Wildman–Crippen MR) is 71.8 cm³/mol. The number of nitrogens with zero attached hydrogens (tertiary/aromatic N) is 1. The van der Waals surface area contributed by atoms with Crippen LogP contribution >= 0.6 is 0 Å².